The fourth-order valence-electron chi connectivity index (χ4n) is 2.93. The van der Waals surface area contributed by atoms with E-state index in [1.807, 2.05) is 6.92 Å². The van der Waals surface area contributed by atoms with Gasteiger partial charge in [-0.3, -0.25) is 9.79 Å². The summed E-state index contributed by atoms with van der Waals surface area (Å²) in [6.07, 6.45) is 6.15. The number of amides is 1. The largest absolute Gasteiger partial charge is 0.393 e. The van der Waals surface area contributed by atoms with Gasteiger partial charge < -0.3 is 25.0 Å². The highest BCUT2D eigenvalue weighted by molar-refractivity contribution is 5.86. The van der Waals surface area contributed by atoms with Gasteiger partial charge in [0.25, 0.3) is 5.91 Å². The first-order valence-corrected chi connectivity index (χ1v) is 8.70. The smallest absolute Gasteiger partial charge is 0.252 e. The van der Waals surface area contributed by atoms with Crippen molar-refractivity contribution in [2.75, 3.05) is 13.2 Å². The summed E-state index contributed by atoms with van der Waals surface area (Å²) in [6, 6.07) is -0.301. The average Bonchev–Trinajstić information content (AvgIpc) is 2.58. The van der Waals surface area contributed by atoms with Crippen LogP contribution in [0.5, 0.6) is 0 Å². The molecular formula is C18H28N2O5. The second-order valence-electron chi connectivity index (χ2n) is 6.63. The minimum atomic E-state index is -1.49. The molecule has 0 spiro atoms. The number of nitrogens with one attached hydrogen (secondary N) is 1. The van der Waals surface area contributed by atoms with Crippen molar-refractivity contribution in [1.82, 2.24) is 5.32 Å². The molecule has 7 nitrogen and oxygen atoms in total. The minimum absolute atomic E-state index is 0.0672. The number of nitrogens with zero attached hydrogens (tertiary/aromatic N) is 1. The summed E-state index contributed by atoms with van der Waals surface area (Å²) in [5.74, 6) is -0.464. The summed E-state index contributed by atoms with van der Waals surface area (Å²) in [5.41, 5.74) is -0.633. The molecule has 2 fully saturated rings. The summed E-state index contributed by atoms with van der Waals surface area (Å²) < 4.78 is 11.1. The Morgan fingerprint density at radius 2 is 2.12 bits per heavy atom. The van der Waals surface area contributed by atoms with E-state index in [2.05, 4.69) is 16.9 Å². The van der Waals surface area contributed by atoms with Crippen LogP contribution in [0.2, 0.25) is 0 Å². The number of hydrogen-bond donors (Lipinski definition) is 3. The quantitative estimate of drug-likeness (QED) is 0.567. The third kappa shape index (κ3) is 5.74. The van der Waals surface area contributed by atoms with Crippen molar-refractivity contribution >= 4 is 12.1 Å². The topological polar surface area (TPSA) is 100 Å². The molecule has 1 saturated heterocycles. The van der Waals surface area contributed by atoms with Gasteiger partial charge in [0.2, 0.25) is 0 Å². The zero-order valence-electron chi connectivity index (χ0n) is 14.7. The third-order valence-electron chi connectivity index (χ3n) is 4.48. The summed E-state index contributed by atoms with van der Waals surface area (Å²) in [5, 5.41) is 22.5. The van der Waals surface area contributed by atoms with E-state index in [4.69, 9.17) is 9.47 Å². The Labute approximate surface area is 148 Å². The van der Waals surface area contributed by atoms with Gasteiger partial charge in [-0.15, -0.1) is 0 Å². The number of aliphatic imine (C=N–C) groups is 1. The standard InChI is InChI=1S/C18H28N2O5/c1-3-7-19-12-13(2)15(5-6-16-24-8-4-9-25-16)20-17(22)18(23)10-14(21)11-18/h3,7,12,14-16,21,23H,1,4-6,8-11H2,2H3,(H,20,22)/b13-12+,19-7?. The van der Waals surface area contributed by atoms with Crippen molar-refractivity contribution in [3.05, 3.63) is 24.4 Å². The highest BCUT2D eigenvalue weighted by Gasteiger charge is 2.48. The minimum Gasteiger partial charge on any atom is -0.393 e. The molecule has 0 bridgehead atoms. The number of hydrogen-bond acceptors (Lipinski definition) is 6. The van der Waals surface area contributed by atoms with E-state index in [0.29, 0.717) is 26.1 Å². The van der Waals surface area contributed by atoms with Gasteiger partial charge in [-0.1, -0.05) is 12.7 Å². The number of carbonyl (C=O) groups excluding carboxylic acids is 1. The summed E-state index contributed by atoms with van der Waals surface area (Å²) in [4.78, 5) is 16.5. The molecule has 1 aliphatic heterocycles. The molecule has 0 aromatic rings. The second-order valence-corrected chi connectivity index (χ2v) is 6.63. The van der Waals surface area contributed by atoms with Crippen molar-refractivity contribution in [1.29, 1.82) is 0 Å². The van der Waals surface area contributed by atoms with Gasteiger partial charge >= 0.3 is 0 Å². The number of carbonyl (C=O) groups is 1. The molecule has 3 N–H and O–H groups in total. The van der Waals surface area contributed by atoms with E-state index < -0.39 is 17.6 Å². The van der Waals surface area contributed by atoms with Crippen LogP contribution in [0.3, 0.4) is 0 Å². The van der Waals surface area contributed by atoms with Crippen molar-refractivity contribution in [2.45, 2.75) is 63.1 Å². The molecule has 25 heavy (non-hydrogen) atoms. The Bertz CT molecular complexity index is 520. The lowest BCUT2D eigenvalue weighted by Gasteiger charge is -2.40. The van der Waals surface area contributed by atoms with Crippen molar-refractivity contribution in [3.63, 3.8) is 0 Å². The predicted molar refractivity (Wildman–Crippen MR) is 94.1 cm³/mol. The molecule has 1 amide bonds. The summed E-state index contributed by atoms with van der Waals surface area (Å²) >= 11 is 0. The molecule has 140 valence electrons. The van der Waals surface area contributed by atoms with E-state index >= 15 is 0 Å². The van der Waals surface area contributed by atoms with Crippen LogP contribution in [0.15, 0.2) is 29.4 Å². The van der Waals surface area contributed by atoms with Crippen LogP contribution >= 0.6 is 0 Å². The van der Waals surface area contributed by atoms with Crippen molar-refractivity contribution in [2.24, 2.45) is 4.99 Å². The number of aliphatic hydroxyl groups excluding tert-OH is 1. The molecule has 1 atom stereocenters. The normalized spacial score (nSPS) is 29.2. The Morgan fingerprint density at radius 1 is 1.44 bits per heavy atom. The first-order valence-electron chi connectivity index (χ1n) is 8.70. The highest BCUT2D eigenvalue weighted by Crippen LogP contribution is 2.32. The predicted octanol–water partition coefficient (Wildman–Crippen LogP) is 1.06. The summed E-state index contributed by atoms with van der Waals surface area (Å²) in [6.45, 7) is 6.79. The van der Waals surface area contributed by atoms with Gasteiger partial charge in [0.15, 0.2) is 6.29 Å². The summed E-state index contributed by atoms with van der Waals surface area (Å²) in [7, 11) is 0. The fraction of sp³-hybridized carbons (Fsp3) is 0.667. The Balaban J connectivity index is 1.97. The van der Waals surface area contributed by atoms with Gasteiger partial charge in [0, 0.05) is 31.7 Å². The van der Waals surface area contributed by atoms with Crippen molar-refractivity contribution < 1.29 is 24.5 Å². The molecule has 1 saturated carbocycles. The van der Waals surface area contributed by atoms with Gasteiger partial charge in [-0.2, -0.15) is 0 Å². The average molecular weight is 352 g/mol. The monoisotopic (exact) mass is 352 g/mol. The number of rotatable bonds is 8. The second kappa shape index (κ2) is 9.24. The lowest BCUT2D eigenvalue weighted by Crippen LogP contribution is -2.59. The molecule has 0 radical (unpaired) electrons. The number of aliphatic hydroxyl groups is 2. The van der Waals surface area contributed by atoms with Crippen LogP contribution in [-0.4, -0.2) is 59.6 Å². The lowest BCUT2D eigenvalue weighted by atomic mass is 9.76. The van der Waals surface area contributed by atoms with E-state index in [9.17, 15) is 15.0 Å². The molecule has 7 heteroatoms. The van der Waals surface area contributed by atoms with Crippen LogP contribution in [0.1, 0.15) is 39.0 Å². The Hall–Kier alpha value is -1.54. The van der Waals surface area contributed by atoms with Crippen LogP contribution in [0.4, 0.5) is 0 Å². The Morgan fingerprint density at radius 3 is 2.72 bits per heavy atom. The molecule has 1 aliphatic carbocycles. The molecule has 1 unspecified atom stereocenters. The zero-order chi connectivity index (χ0) is 18.3. The van der Waals surface area contributed by atoms with E-state index in [-0.39, 0.29) is 25.2 Å². The van der Waals surface area contributed by atoms with E-state index in [1.165, 1.54) is 0 Å². The zero-order valence-corrected chi connectivity index (χ0v) is 14.7. The van der Waals surface area contributed by atoms with Gasteiger partial charge in [-0.25, -0.2) is 0 Å². The number of ether oxygens (including phenoxy) is 2. The fourth-order valence-corrected chi connectivity index (χ4v) is 2.93. The SMILES string of the molecule is C=CC=N/C=C(\C)C(CCC1OCCCO1)NC(=O)C1(O)CC(O)C1. The van der Waals surface area contributed by atoms with E-state index in [1.54, 1.807) is 18.5 Å². The molecule has 2 aliphatic rings. The maximum Gasteiger partial charge on any atom is 0.252 e. The van der Waals surface area contributed by atoms with Crippen molar-refractivity contribution in [3.8, 4) is 0 Å². The number of allylic oxidation sites excluding steroid dienone is 1. The maximum atomic E-state index is 12.4. The van der Waals surface area contributed by atoms with Gasteiger partial charge in [0.1, 0.15) is 5.60 Å². The highest BCUT2D eigenvalue weighted by atomic mass is 16.7. The van der Waals surface area contributed by atoms with Crippen LogP contribution in [-0.2, 0) is 14.3 Å². The molecule has 0 aromatic heterocycles. The van der Waals surface area contributed by atoms with E-state index in [0.717, 1.165) is 12.0 Å². The molecule has 0 aromatic carbocycles. The third-order valence-corrected chi connectivity index (χ3v) is 4.48. The van der Waals surface area contributed by atoms with Crippen LogP contribution in [0.25, 0.3) is 0 Å². The maximum absolute atomic E-state index is 12.4. The van der Waals surface area contributed by atoms with Gasteiger partial charge in [-0.05, 0) is 25.3 Å². The lowest BCUT2D eigenvalue weighted by molar-refractivity contribution is -0.182. The first-order chi connectivity index (χ1) is 11.9. The van der Waals surface area contributed by atoms with Crippen LogP contribution in [0, 0.1) is 0 Å². The van der Waals surface area contributed by atoms with Crippen LogP contribution < -0.4 is 5.32 Å². The van der Waals surface area contributed by atoms with Gasteiger partial charge in [0.05, 0.1) is 25.4 Å². The Kier molecular flexibility index (Phi) is 7.31. The molecule has 1 heterocycles. The molecular weight excluding hydrogens is 324 g/mol. The molecule has 2 rings (SSSR count). The first kappa shape index (κ1) is 19.8.